The lowest BCUT2D eigenvalue weighted by Gasteiger charge is -2.09. The average Bonchev–Trinajstić information content (AvgIpc) is 2.75. The number of carbonyl (C=O) groups excluding carboxylic acids is 2. The van der Waals surface area contributed by atoms with Crippen LogP contribution in [0.1, 0.15) is 26.3 Å². The van der Waals surface area contributed by atoms with E-state index in [1.165, 1.54) is 19.5 Å². The summed E-state index contributed by atoms with van der Waals surface area (Å²) in [6.45, 7) is 0. The van der Waals surface area contributed by atoms with Gasteiger partial charge in [-0.25, -0.2) is 10.2 Å². The van der Waals surface area contributed by atoms with Crippen LogP contribution in [-0.2, 0) is 0 Å². The zero-order valence-corrected chi connectivity index (χ0v) is 16.9. The summed E-state index contributed by atoms with van der Waals surface area (Å²) in [6, 6.07) is 15.2. The third-order valence-corrected chi connectivity index (χ3v) is 4.48. The van der Waals surface area contributed by atoms with Crippen molar-refractivity contribution < 1.29 is 19.1 Å². The highest BCUT2D eigenvalue weighted by Gasteiger charge is 2.13. The lowest BCUT2D eigenvalue weighted by molar-refractivity contribution is 0.0729. The third-order valence-electron chi connectivity index (χ3n) is 3.79. The normalized spacial score (nSPS) is 10.6. The number of esters is 1. The fourth-order valence-electron chi connectivity index (χ4n) is 2.36. The minimum atomic E-state index is -0.543. The van der Waals surface area contributed by atoms with Crippen LogP contribution in [0.4, 0.5) is 0 Å². The van der Waals surface area contributed by atoms with Crippen molar-refractivity contribution in [2.45, 2.75) is 0 Å². The fraction of sp³-hybridized carbons (Fsp3) is 0.0476. The smallest absolute Gasteiger partial charge is 0.345 e. The second kappa shape index (κ2) is 9.61. The number of aromatic nitrogens is 1. The first-order chi connectivity index (χ1) is 14.1. The number of hydrazone groups is 1. The van der Waals surface area contributed by atoms with E-state index in [2.05, 4.69) is 31.4 Å². The standard InChI is InChI=1S/C21H16BrN3O4/c1-28-19-11-14(12-24-25-20(26)16-6-2-3-7-17(16)22)8-9-18(19)29-21(27)15-5-4-10-23-13-15/h2-13H,1H3,(H,25,26). The molecule has 0 saturated heterocycles. The number of methoxy groups -OCH3 is 1. The van der Waals surface area contributed by atoms with E-state index in [-0.39, 0.29) is 11.7 Å². The van der Waals surface area contributed by atoms with Gasteiger partial charge in [0.2, 0.25) is 0 Å². The molecule has 2 aromatic carbocycles. The van der Waals surface area contributed by atoms with E-state index in [9.17, 15) is 9.59 Å². The summed E-state index contributed by atoms with van der Waals surface area (Å²) in [5.41, 5.74) is 3.91. The number of hydrogen-bond donors (Lipinski definition) is 1. The first kappa shape index (κ1) is 20.2. The van der Waals surface area contributed by atoms with Crippen LogP contribution in [-0.4, -0.2) is 30.2 Å². The summed E-state index contributed by atoms with van der Waals surface area (Å²) >= 11 is 3.32. The topological polar surface area (TPSA) is 89.9 Å². The summed E-state index contributed by atoms with van der Waals surface area (Å²) in [4.78, 5) is 28.2. The Morgan fingerprint density at radius 2 is 1.93 bits per heavy atom. The molecule has 0 aliphatic heterocycles. The van der Waals surface area contributed by atoms with E-state index >= 15 is 0 Å². The van der Waals surface area contributed by atoms with Gasteiger partial charge in [-0.3, -0.25) is 9.78 Å². The molecule has 0 spiro atoms. The van der Waals surface area contributed by atoms with Crippen LogP contribution in [0.5, 0.6) is 11.5 Å². The summed E-state index contributed by atoms with van der Waals surface area (Å²) in [5, 5.41) is 3.96. The van der Waals surface area contributed by atoms with Gasteiger partial charge in [0.15, 0.2) is 11.5 Å². The minimum Gasteiger partial charge on any atom is -0.493 e. The molecule has 1 heterocycles. The maximum atomic E-state index is 12.2. The van der Waals surface area contributed by atoms with Crippen molar-refractivity contribution in [2.24, 2.45) is 5.10 Å². The Morgan fingerprint density at radius 3 is 2.66 bits per heavy atom. The van der Waals surface area contributed by atoms with Crippen LogP contribution in [0.3, 0.4) is 0 Å². The quantitative estimate of drug-likeness (QED) is 0.265. The lowest BCUT2D eigenvalue weighted by atomic mass is 10.2. The molecule has 7 nitrogen and oxygen atoms in total. The number of rotatable bonds is 6. The number of carbonyl (C=O) groups is 2. The number of pyridine rings is 1. The highest BCUT2D eigenvalue weighted by Crippen LogP contribution is 2.28. The van der Waals surface area contributed by atoms with Crippen molar-refractivity contribution in [3.05, 3.63) is 88.2 Å². The number of hydrogen-bond acceptors (Lipinski definition) is 6. The maximum Gasteiger partial charge on any atom is 0.345 e. The molecule has 1 N–H and O–H groups in total. The molecule has 1 aromatic heterocycles. The number of nitrogens with one attached hydrogen (secondary N) is 1. The van der Waals surface area contributed by atoms with Crippen LogP contribution in [0.15, 0.2) is 76.6 Å². The van der Waals surface area contributed by atoms with Crippen molar-refractivity contribution in [1.82, 2.24) is 10.4 Å². The number of nitrogens with zero attached hydrogens (tertiary/aromatic N) is 2. The van der Waals surface area contributed by atoms with Crippen molar-refractivity contribution in [1.29, 1.82) is 0 Å². The molecule has 0 saturated carbocycles. The first-order valence-corrected chi connectivity index (χ1v) is 9.26. The molecule has 29 heavy (non-hydrogen) atoms. The number of benzene rings is 2. The molecule has 8 heteroatoms. The van der Waals surface area contributed by atoms with Crippen LogP contribution in [0.25, 0.3) is 0 Å². The molecule has 0 bridgehead atoms. The maximum absolute atomic E-state index is 12.2. The molecule has 0 fully saturated rings. The molecule has 146 valence electrons. The van der Waals surface area contributed by atoms with Crippen LogP contribution >= 0.6 is 15.9 Å². The van der Waals surface area contributed by atoms with Gasteiger partial charge in [-0.05, 0) is 64.0 Å². The molecule has 0 aliphatic rings. The van der Waals surface area contributed by atoms with E-state index in [1.807, 2.05) is 6.07 Å². The Labute approximate surface area is 175 Å². The Morgan fingerprint density at radius 1 is 1.10 bits per heavy atom. The van der Waals surface area contributed by atoms with Gasteiger partial charge in [0.1, 0.15) is 0 Å². The summed E-state index contributed by atoms with van der Waals surface area (Å²) in [5.74, 6) is -0.277. The van der Waals surface area contributed by atoms with Crippen LogP contribution < -0.4 is 14.9 Å². The molecular weight excluding hydrogens is 438 g/mol. The molecule has 0 atom stereocenters. The number of halogens is 1. The van der Waals surface area contributed by atoms with Gasteiger partial charge in [0, 0.05) is 16.9 Å². The van der Waals surface area contributed by atoms with Crippen LogP contribution in [0, 0.1) is 0 Å². The largest absolute Gasteiger partial charge is 0.493 e. The Balaban J connectivity index is 1.68. The van der Waals surface area contributed by atoms with Crippen LogP contribution in [0.2, 0.25) is 0 Å². The van der Waals surface area contributed by atoms with E-state index in [4.69, 9.17) is 9.47 Å². The van der Waals surface area contributed by atoms with E-state index in [0.29, 0.717) is 26.9 Å². The van der Waals surface area contributed by atoms with E-state index < -0.39 is 5.97 Å². The molecular formula is C21H16BrN3O4. The molecule has 0 unspecified atom stereocenters. The predicted molar refractivity (Wildman–Crippen MR) is 111 cm³/mol. The summed E-state index contributed by atoms with van der Waals surface area (Å²) in [6.07, 6.45) is 4.45. The lowest BCUT2D eigenvalue weighted by Crippen LogP contribution is -2.18. The minimum absolute atomic E-state index is 0.260. The summed E-state index contributed by atoms with van der Waals surface area (Å²) < 4.78 is 11.3. The van der Waals surface area contributed by atoms with Crippen molar-refractivity contribution in [3.63, 3.8) is 0 Å². The number of amides is 1. The van der Waals surface area contributed by atoms with Gasteiger partial charge in [-0.1, -0.05) is 12.1 Å². The molecule has 3 aromatic rings. The van der Waals surface area contributed by atoms with Crippen molar-refractivity contribution >= 4 is 34.0 Å². The van der Waals surface area contributed by atoms with Gasteiger partial charge in [0.05, 0.1) is 24.5 Å². The molecule has 0 aliphatic carbocycles. The van der Waals surface area contributed by atoms with Crippen molar-refractivity contribution in [3.8, 4) is 11.5 Å². The van der Waals surface area contributed by atoms with E-state index in [1.54, 1.807) is 54.7 Å². The van der Waals surface area contributed by atoms with Gasteiger partial charge < -0.3 is 9.47 Å². The second-order valence-corrected chi connectivity index (χ2v) is 6.57. The van der Waals surface area contributed by atoms with E-state index in [0.717, 1.165) is 0 Å². The van der Waals surface area contributed by atoms with Gasteiger partial charge in [-0.2, -0.15) is 5.10 Å². The second-order valence-electron chi connectivity index (χ2n) is 5.72. The molecule has 3 rings (SSSR count). The Kier molecular flexibility index (Phi) is 6.70. The summed E-state index contributed by atoms with van der Waals surface area (Å²) in [7, 11) is 1.46. The van der Waals surface area contributed by atoms with Gasteiger partial charge >= 0.3 is 5.97 Å². The SMILES string of the molecule is COc1cc(C=NNC(=O)c2ccccc2Br)ccc1OC(=O)c1cccnc1. The molecule has 1 amide bonds. The van der Waals surface area contributed by atoms with Crippen molar-refractivity contribution in [2.75, 3.05) is 7.11 Å². The monoisotopic (exact) mass is 453 g/mol. The fourth-order valence-corrected chi connectivity index (χ4v) is 2.83. The Bertz CT molecular complexity index is 1050. The third kappa shape index (κ3) is 5.26. The average molecular weight is 454 g/mol. The zero-order chi connectivity index (χ0) is 20.6. The zero-order valence-electron chi connectivity index (χ0n) is 15.3. The van der Waals surface area contributed by atoms with Gasteiger partial charge in [0.25, 0.3) is 5.91 Å². The highest BCUT2D eigenvalue weighted by molar-refractivity contribution is 9.10. The highest BCUT2D eigenvalue weighted by atomic mass is 79.9. The van der Waals surface area contributed by atoms with Gasteiger partial charge in [-0.15, -0.1) is 0 Å². The molecule has 0 radical (unpaired) electrons. The first-order valence-electron chi connectivity index (χ1n) is 8.46. The predicted octanol–water partition coefficient (Wildman–Crippen LogP) is 3.84. The number of ether oxygens (including phenoxy) is 2. The Hall–Kier alpha value is -3.52.